The molecule has 0 bridgehead atoms. The van der Waals surface area contributed by atoms with Gasteiger partial charge in [0.05, 0.1) is 17.2 Å². The molecular formula is C7H5BrN2. The summed E-state index contributed by atoms with van der Waals surface area (Å²) in [5, 5.41) is 0.375. The van der Waals surface area contributed by atoms with Crippen molar-refractivity contribution < 1.29 is 5.48 Å². The Labute approximate surface area is 72.0 Å². The first-order valence-electron chi connectivity index (χ1n) is 4.64. The highest BCUT2D eigenvalue weighted by Crippen LogP contribution is 2.20. The van der Waals surface area contributed by atoms with Crippen LogP contribution in [0.2, 0.25) is 0 Å². The van der Waals surface area contributed by atoms with Crippen LogP contribution in [0.5, 0.6) is 0 Å². The molecule has 2 aromatic rings. The number of aromatic nitrogens is 2. The zero-order valence-electron chi connectivity index (χ0n) is 8.83. The van der Waals surface area contributed by atoms with Crippen LogP contribution in [-0.4, -0.2) is 9.97 Å². The van der Waals surface area contributed by atoms with Crippen LogP contribution in [0.25, 0.3) is 10.9 Å². The van der Waals surface area contributed by atoms with Gasteiger partial charge in [-0.1, -0.05) is 0 Å². The standard InChI is InChI=1S/C7H5BrN2/c8-6-3-9-4-7-5(6)1-2-10-7/h1-4,10H/i1D,2D,3D,4D. The molecule has 0 saturated heterocycles. The van der Waals surface area contributed by atoms with Crippen LogP contribution in [0.4, 0.5) is 0 Å². The first kappa shape index (κ1) is 3.05. The molecule has 50 valence electrons. The molecule has 2 rings (SSSR count). The van der Waals surface area contributed by atoms with E-state index in [1.165, 1.54) is 0 Å². The van der Waals surface area contributed by atoms with Gasteiger partial charge in [0.2, 0.25) is 0 Å². The molecule has 3 heteroatoms. The Morgan fingerprint density at radius 3 is 3.40 bits per heavy atom. The van der Waals surface area contributed by atoms with E-state index in [0.717, 1.165) is 0 Å². The molecular weight excluding hydrogens is 192 g/mol. The van der Waals surface area contributed by atoms with E-state index in [1.54, 1.807) is 0 Å². The Balaban J connectivity index is 3.03. The maximum absolute atomic E-state index is 7.56. The van der Waals surface area contributed by atoms with Crippen molar-refractivity contribution in [3.63, 3.8) is 0 Å². The van der Waals surface area contributed by atoms with E-state index < -0.39 is 0 Å². The minimum atomic E-state index is -0.111. The zero-order chi connectivity index (χ0) is 10.5. The third kappa shape index (κ3) is 0.743. The maximum Gasteiger partial charge on any atom is 0.0863 e. The monoisotopic (exact) mass is 200 g/mol. The summed E-state index contributed by atoms with van der Waals surface area (Å²) in [6.45, 7) is 0. The fourth-order valence-corrected chi connectivity index (χ4v) is 1.10. The molecule has 0 spiro atoms. The lowest BCUT2D eigenvalue weighted by atomic mass is 10.3. The number of hydrogen-bond acceptors (Lipinski definition) is 1. The molecule has 0 aliphatic rings. The van der Waals surface area contributed by atoms with Crippen molar-refractivity contribution in [2.45, 2.75) is 0 Å². The van der Waals surface area contributed by atoms with Crippen molar-refractivity contribution in [1.29, 1.82) is 0 Å². The summed E-state index contributed by atoms with van der Waals surface area (Å²) in [6, 6.07) is -0.0173. The number of nitrogens with one attached hydrogen (secondary N) is 1. The van der Waals surface area contributed by atoms with Gasteiger partial charge in [-0.2, -0.15) is 0 Å². The lowest BCUT2D eigenvalue weighted by Gasteiger charge is -1.89. The van der Waals surface area contributed by atoms with E-state index in [2.05, 4.69) is 25.9 Å². The second kappa shape index (κ2) is 2.09. The highest BCUT2D eigenvalue weighted by atomic mass is 79.9. The van der Waals surface area contributed by atoms with Crippen LogP contribution in [0, 0.1) is 0 Å². The molecule has 0 atom stereocenters. The largest absolute Gasteiger partial charge is 0.360 e. The predicted molar refractivity (Wildman–Crippen MR) is 43.8 cm³/mol. The number of pyridine rings is 1. The number of hydrogen-bond donors (Lipinski definition) is 1. The van der Waals surface area contributed by atoms with E-state index in [0.29, 0.717) is 15.4 Å². The summed E-state index contributed by atoms with van der Waals surface area (Å²) in [5.74, 6) is 0. The second-order valence-corrected chi connectivity index (χ2v) is 2.57. The summed E-state index contributed by atoms with van der Waals surface area (Å²) in [4.78, 5) is 6.22. The molecule has 2 heterocycles. The molecule has 0 saturated carbocycles. The minimum Gasteiger partial charge on any atom is -0.360 e. The van der Waals surface area contributed by atoms with Crippen molar-refractivity contribution in [2.75, 3.05) is 0 Å². The smallest absolute Gasteiger partial charge is 0.0863 e. The summed E-state index contributed by atoms with van der Waals surface area (Å²) in [6.07, 6.45) is -0.267. The van der Waals surface area contributed by atoms with Crippen molar-refractivity contribution >= 4 is 26.8 Å². The molecule has 0 aromatic carbocycles. The third-order valence-electron chi connectivity index (χ3n) is 1.17. The highest BCUT2D eigenvalue weighted by Gasteiger charge is 1.96. The van der Waals surface area contributed by atoms with Crippen molar-refractivity contribution in [3.8, 4) is 0 Å². The van der Waals surface area contributed by atoms with Crippen LogP contribution in [0.15, 0.2) is 29.0 Å². The number of halogens is 1. The van der Waals surface area contributed by atoms with Gasteiger partial charge < -0.3 is 4.98 Å². The molecule has 0 aliphatic carbocycles. The molecule has 10 heavy (non-hydrogen) atoms. The van der Waals surface area contributed by atoms with E-state index in [-0.39, 0.29) is 24.6 Å². The van der Waals surface area contributed by atoms with Gasteiger partial charge in [-0.3, -0.25) is 4.98 Å². The fraction of sp³-hybridized carbons (Fsp3) is 0. The quantitative estimate of drug-likeness (QED) is 0.696. The molecule has 1 N–H and O–H groups in total. The number of aromatic amines is 1. The van der Waals surface area contributed by atoms with E-state index >= 15 is 0 Å². The maximum atomic E-state index is 7.56. The molecule has 0 radical (unpaired) electrons. The zero-order valence-corrected chi connectivity index (χ0v) is 6.41. The van der Waals surface area contributed by atoms with Crippen LogP contribution in [0.1, 0.15) is 5.48 Å². The fourth-order valence-electron chi connectivity index (χ4n) is 0.719. The lowest BCUT2D eigenvalue weighted by molar-refractivity contribution is 1.33. The van der Waals surface area contributed by atoms with Gasteiger partial charge in [0.1, 0.15) is 0 Å². The average molecular weight is 201 g/mol. The minimum absolute atomic E-state index is 0.0173. The summed E-state index contributed by atoms with van der Waals surface area (Å²) in [7, 11) is 0. The molecule has 0 unspecified atom stereocenters. The number of nitrogens with zero attached hydrogens (tertiary/aromatic N) is 1. The average Bonchev–Trinajstić information content (AvgIpc) is 2.41. The van der Waals surface area contributed by atoms with E-state index in [4.69, 9.17) is 5.48 Å². The third-order valence-corrected chi connectivity index (χ3v) is 1.74. The normalized spacial score (nSPS) is 16.1. The summed E-state index contributed by atoms with van der Waals surface area (Å²) < 4.78 is 30.2. The van der Waals surface area contributed by atoms with Gasteiger partial charge in [0.15, 0.2) is 0 Å². The number of rotatable bonds is 0. The van der Waals surface area contributed by atoms with Crippen molar-refractivity contribution in [2.24, 2.45) is 0 Å². The summed E-state index contributed by atoms with van der Waals surface area (Å²) in [5.41, 5.74) is 0.322. The molecule has 2 aromatic heterocycles. The highest BCUT2D eigenvalue weighted by molar-refractivity contribution is 9.10. The van der Waals surface area contributed by atoms with Gasteiger partial charge in [0.25, 0.3) is 0 Å². The van der Waals surface area contributed by atoms with Crippen LogP contribution >= 0.6 is 15.9 Å². The first-order chi connectivity index (χ1) is 6.52. The number of fused-ring (bicyclic) bond motifs is 1. The van der Waals surface area contributed by atoms with Crippen LogP contribution in [-0.2, 0) is 0 Å². The predicted octanol–water partition coefficient (Wildman–Crippen LogP) is 2.33. The van der Waals surface area contributed by atoms with Gasteiger partial charge in [-0.25, -0.2) is 0 Å². The second-order valence-electron chi connectivity index (χ2n) is 1.77. The van der Waals surface area contributed by atoms with Crippen LogP contribution < -0.4 is 0 Å². The molecule has 0 amide bonds. The Hall–Kier alpha value is -0.830. The summed E-state index contributed by atoms with van der Waals surface area (Å²) >= 11 is 3.12. The lowest BCUT2D eigenvalue weighted by Crippen LogP contribution is -1.72. The van der Waals surface area contributed by atoms with Gasteiger partial charge in [-0.05, 0) is 22.0 Å². The molecule has 2 nitrogen and oxygen atoms in total. The number of H-pyrrole nitrogens is 1. The Bertz CT molecular complexity index is 522. The topological polar surface area (TPSA) is 28.7 Å². The van der Waals surface area contributed by atoms with Gasteiger partial charge in [-0.15, -0.1) is 0 Å². The van der Waals surface area contributed by atoms with Crippen LogP contribution in [0.3, 0.4) is 0 Å². The van der Waals surface area contributed by atoms with Gasteiger partial charge >= 0.3 is 0 Å². The van der Waals surface area contributed by atoms with Gasteiger partial charge in [0, 0.05) is 22.2 Å². The Morgan fingerprint density at radius 1 is 1.60 bits per heavy atom. The SMILES string of the molecule is [2H]c1nc([2H])c2[nH]c([2H])c([2H])c2c1Br. The van der Waals surface area contributed by atoms with E-state index in [9.17, 15) is 0 Å². The van der Waals surface area contributed by atoms with Crippen molar-refractivity contribution in [1.82, 2.24) is 9.97 Å². The Morgan fingerprint density at radius 2 is 2.50 bits per heavy atom. The Kier molecular flexibility index (Phi) is 0.638. The van der Waals surface area contributed by atoms with Crippen molar-refractivity contribution in [3.05, 3.63) is 29.0 Å². The first-order valence-corrected chi connectivity index (χ1v) is 3.43. The molecule has 0 fully saturated rings. The molecule has 0 aliphatic heterocycles. The van der Waals surface area contributed by atoms with E-state index in [1.807, 2.05) is 0 Å².